The molecule has 21 heavy (non-hydrogen) atoms. The Bertz CT molecular complexity index is 496. The van der Waals surface area contributed by atoms with Crippen molar-refractivity contribution in [3.05, 3.63) is 18.2 Å². The Morgan fingerprint density at radius 2 is 1.71 bits per heavy atom. The lowest BCUT2D eigenvalue weighted by atomic mass is 10.1. The molecule has 2 amide bonds. The number of amides is 2. The molecule has 5 heteroatoms. The molecule has 1 aromatic rings. The van der Waals surface area contributed by atoms with E-state index >= 15 is 0 Å². The second kappa shape index (κ2) is 6.70. The Balaban J connectivity index is 1.56. The van der Waals surface area contributed by atoms with Gasteiger partial charge in [-0.25, -0.2) is 4.79 Å². The molecule has 114 valence electrons. The first-order valence-corrected chi connectivity index (χ1v) is 7.78. The SMILES string of the molecule is O=C(Nc1ccc2c(c1)OCCO2)NC1CCCCCC1. The van der Waals surface area contributed by atoms with Crippen LogP contribution < -0.4 is 20.1 Å². The van der Waals surface area contributed by atoms with Crippen molar-refractivity contribution in [2.45, 2.75) is 44.6 Å². The number of ether oxygens (including phenoxy) is 2. The monoisotopic (exact) mass is 290 g/mol. The number of benzene rings is 1. The third-order valence-electron chi connectivity index (χ3n) is 3.99. The molecular weight excluding hydrogens is 268 g/mol. The van der Waals surface area contributed by atoms with E-state index in [0.29, 0.717) is 25.0 Å². The van der Waals surface area contributed by atoms with E-state index in [9.17, 15) is 4.79 Å². The summed E-state index contributed by atoms with van der Waals surface area (Å²) < 4.78 is 11.0. The van der Waals surface area contributed by atoms with Crippen LogP contribution in [0, 0.1) is 0 Å². The molecule has 0 spiro atoms. The molecule has 1 fully saturated rings. The standard InChI is InChI=1S/C16H22N2O3/c19-16(17-12-5-3-1-2-4-6-12)18-13-7-8-14-15(11-13)21-10-9-20-14/h7-8,11-12H,1-6,9-10H2,(H2,17,18,19). The molecule has 0 unspecified atom stereocenters. The van der Waals surface area contributed by atoms with Crippen LogP contribution in [0.2, 0.25) is 0 Å². The maximum absolute atomic E-state index is 12.1. The van der Waals surface area contributed by atoms with Gasteiger partial charge in [-0.3, -0.25) is 0 Å². The number of urea groups is 1. The predicted octanol–water partition coefficient (Wildman–Crippen LogP) is 3.30. The highest BCUT2D eigenvalue weighted by Crippen LogP contribution is 2.32. The van der Waals surface area contributed by atoms with E-state index in [1.165, 1.54) is 25.7 Å². The highest BCUT2D eigenvalue weighted by atomic mass is 16.6. The lowest BCUT2D eigenvalue weighted by Gasteiger charge is -2.20. The smallest absolute Gasteiger partial charge is 0.319 e. The highest BCUT2D eigenvalue weighted by molar-refractivity contribution is 5.89. The Hall–Kier alpha value is -1.91. The van der Waals surface area contributed by atoms with Crippen molar-refractivity contribution in [3.8, 4) is 11.5 Å². The van der Waals surface area contributed by atoms with Crippen LogP contribution >= 0.6 is 0 Å². The van der Waals surface area contributed by atoms with Gasteiger partial charge in [-0.2, -0.15) is 0 Å². The number of hydrogen-bond donors (Lipinski definition) is 2. The summed E-state index contributed by atoms with van der Waals surface area (Å²) in [6.45, 7) is 1.12. The van der Waals surface area contributed by atoms with Crippen LogP contribution in [0.15, 0.2) is 18.2 Å². The fourth-order valence-corrected chi connectivity index (χ4v) is 2.90. The molecule has 1 saturated carbocycles. The van der Waals surface area contributed by atoms with Crippen LogP contribution in [0.3, 0.4) is 0 Å². The number of anilines is 1. The summed E-state index contributed by atoms with van der Waals surface area (Å²) in [6.07, 6.45) is 7.12. The maximum Gasteiger partial charge on any atom is 0.319 e. The number of hydrogen-bond acceptors (Lipinski definition) is 3. The van der Waals surface area contributed by atoms with Crippen LogP contribution in [0.25, 0.3) is 0 Å². The van der Waals surface area contributed by atoms with Gasteiger partial charge in [0.05, 0.1) is 0 Å². The van der Waals surface area contributed by atoms with Gasteiger partial charge >= 0.3 is 6.03 Å². The zero-order valence-electron chi connectivity index (χ0n) is 12.2. The van der Waals surface area contributed by atoms with Gasteiger partial charge in [-0.15, -0.1) is 0 Å². The second-order valence-electron chi connectivity index (χ2n) is 5.65. The summed E-state index contributed by atoms with van der Waals surface area (Å²) in [5.41, 5.74) is 0.727. The summed E-state index contributed by atoms with van der Waals surface area (Å²) >= 11 is 0. The van der Waals surface area contributed by atoms with Crippen LogP contribution in [0.1, 0.15) is 38.5 Å². The molecule has 0 radical (unpaired) electrons. The van der Waals surface area contributed by atoms with E-state index in [-0.39, 0.29) is 6.03 Å². The minimum atomic E-state index is -0.140. The number of carbonyl (C=O) groups is 1. The molecule has 3 rings (SSSR count). The maximum atomic E-state index is 12.1. The molecular formula is C16H22N2O3. The largest absolute Gasteiger partial charge is 0.486 e. The summed E-state index contributed by atoms with van der Waals surface area (Å²) in [5.74, 6) is 1.42. The molecule has 0 aromatic heterocycles. The summed E-state index contributed by atoms with van der Waals surface area (Å²) in [4.78, 5) is 12.1. The fourth-order valence-electron chi connectivity index (χ4n) is 2.90. The molecule has 2 aliphatic rings. The van der Waals surface area contributed by atoms with Crippen molar-refractivity contribution in [1.82, 2.24) is 5.32 Å². The lowest BCUT2D eigenvalue weighted by molar-refractivity contribution is 0.171. The first-order chi connectivity index (χ1) is 10.3. The van der Waals surface area contributed by atoms with E-state index in [0.717, 1.165) is 24.3 Å². The summed E-state index contributed by atoms with van der Waals surface area (Å²) in [5, 5.41) is 5.94. The zero-order chi connectivity index (χ0) is 14.5. The summed E-state index contributed by atoms with van der Waals surface area (Å²) in [7, 11) is 0. The molecule has 0 saturated heterocycles. The second-order valence-corrected chi connectivity index (χ2v) is 5.65. The topological polar surface area (TPSA) is 59.6 Å². The fraction of sp³-hybridized carbons (Fsp3) is 0.562. The Kier molecular flexibility index (Phi) is 4.48. The van der Waals surface area contributed by atoms with Crippen LogP contribution in [0.5, 0.6) is 11.5 Å². The van der Waals surface area contributed by atoms with E-state index in [1.54, 1.807) is 6.07 Å². The Morgan fingerprint density at radius 3 is 2.48 bits per heavy atom. The average molecular weight is 290 g/mol. The average Bonchev–Trinajstić information content (AvgIpc) is 2.75. The van der Waals surface area contributed by atoms with Crippen LogP contribution in [0.4, 0.5) is 10.5 Å². The van der Waals surface area contributed by atoms with Gasteiger partial charge in [0, 0.05) is 17.8 Å². The predicted molar refractivity (Wildman–Crippen MR) is 81.1 cm³/mol. The minimum absolute atomic E-state index is 0.140. The quantitative estimate of drug-likeness (QED) is 0.822. The number of carbonyl (C=O) groups excluding carboxylic acids is 1. The molecule has 5 nitrogen and oxygen atoms in total. The number of nitrogens with one attached hydrogen (secondary N) is 2. The van der Waals surface area contributed by atoms with E-state index in [4.69, 9.17) is 9.47 Å². The molecule has 0 atom stereocenters. The lowest BCUT2D eigenvalue weighted by Crippen LogP contribution is -2.37. The van der Waals surface area contributed by atoms with Crippen LogP contribution in [-0.2, 0) is 0 Å². The van der Waals surface area contributed by atoms with E-state index in [1.807, 2.05) is 12.1 Å². The van der Waals surface area contributed by atoms with Crippen molar-refractivity contribution < 1.29 is 14.3 Å². The van der Waals surface area contributed by atoms with Crippen molar-refractivity contribution in [1.29, 1.82) is 0 Å². The van der Waals surface area contributed by atoms with E-state index in [2.05, 4.69) is 10.6 Å². The van der Waals surface area contributed by atoms with Crippen molar-refractivity contribution in [2.24, 2.45) is 0 Å². The molecule has 1 aromatic carbocycles. The van der Waals surface area contributed by atoms with Crippen molar-refractivity contribution >= 4 is 11.7 Å². The van der Waals surface area contributed by atoms with Gasteiger partial charge < -0.3 is 20.1 Å². The minimum Gasteiger partial charge on any atom is -0.486 e. The van der Waals surface area contributed by atoms with Gasteiger partial charge in [0.25, 0.3) is 0 Å². The normalized spacial score (nSPS) is 18.7. The third kappa shape index (κ3) is 3.80. The molecule has 0 bridgehead atoms. The number of rotatable bonds is 2. The van der Waals surface area contributed by atoms with Gasteiger partial charge in [-0.05, 0) is 25.0 Å². The van der Waals surface area contributed by atoms with Crippen molar-refractivity contribution in [3.63, 3.8) is 0 Å². The first kappa shape index (κ1) is 14.0. The molecule has 1 aliphatic carbocycles. The van der Waals surface area contributed by atoms with Gasteiger partial charge in [-0.1, -0.05) is 25.7 Å². The van der Waals surface area contributed by atoms with Crippen molar-refractivity contribution in [2.75, 3.05) is 18.5 Å². The van der Waals surface area contributed by atoms with Gasteiger partial charge in [0.1, 0.15) is 13.2 Å². The van der Waals surface area contributed by atoms with Gasteiger partial charge in [0.2, 0.25) is 0 Å². The Morgan fingerprint density at radius 1 is 1.00 bits per heavy atom. The highest BCUT2D eigenvalue weighted by Gasteiger charge is 2.16. The van der Waals surface area contributed by atoms with E-state index < -0.39 is 0 Å². The van der Waals surface area contributed by atoms with Gasteiger partial charge in [0.15, 0.2) is 11.5 Å². The summed E-state index contributed by atoms with van der Waals surface area (Å²) in [6, 6.07) is 5.63. The Labute approximate surface area is 125 Å². The van der Waals surface area contributed by atoms with Crippen LogP contribution in [-0.4, -0.2) is 25.3 Å². The number of fused-ring (bicyclic) bond motifs is 1. The molecule has 1 heterocycles. The third-order valence-corrected chi connectivity index (χ3v) is 3.99. The molecule has 1 aliphatic heterocycles. The first-order valence-electron chi connectivity index (χ1n) is 7.78. The zero-order valence-corrected chi connectivity index (χ0v) is 12.2. The molecule has 2 N–H and O–H groups in total.